The molecule has 86 valence electrons. The first kappa shape index (κ1) is 12.1. The monoisotopic (exact) mass is 242 g/mol. The Labute approximate surface area is 97.2 Å². The molecule has 0 aliphatic rings. The molecular weight excluding hydrogens is 232 g/mol. The molecule has 7 heteroatoms. The molecule has 5 N–H and O–H groups in total. The SMILES string of the molecule is COc1ccc(C=NN=C(N)N)c(O)c1Cl. The number of guanidine groups is 1. The van der Waals surface area contributed by atoms with Gasteiger partial charge in [-0.1, -0.05) is 11.6 Å². The van der Waals surface area contributed by atoms with Gasteiger partial charge in [-0.05, 0) is 12.1 Å². The van der Waals surface area contributed by atoms with Gasteiger partial charge in [-0.3, -0.25) is 0 Å². The van der Waals surface area contributed by atoms with Crippen LogP contribution in [0.25, 0.3) is 0 Å². The van der Waals surface area contributed by atoms with Crippen LogP contribution in [0, 0.1) is 0 Å². The fourth-order valence-corrected chi connectivity index (χ4v) is 1.23. The normalized spacial score (nSPS) is 10.4. The van der Waals surface area contributed by atoms with Gasteiger partial charge in [0.15, 0.2) is 0 Å². The summed E-state index contributed by atoms with van der Waals surface area (Å²) < 4.78 is 4.92. The molecule has 0 unspecified atom stereocenters. The summed E-state index contributed by atoms with van der Waals surface area (Å²) in [4.78, 5) is 0. The highest BCUT2D eigenvalue weighted by atomic mass is 35.5. The van der Waals surface area contributed by atoms with Crippen LogP contribution in [0.2, 0.25) is 5.02 Å². The number of aromatic hydroxyl groups is 1. The first-order chi connectivity index (χ1) is 7.56. The second-order valence-electron chi connectivity index (χ2n) is 2.79. The maximum Gasteiger partial charge on any atom is 0.211 e. The van der Waals surface area contributed by atoms with E-state index in [0.29, 0.717) is 11.3 Å². The van der Waals surface area contributed by atoms with Crippen LogP contribution in [-0.4, -0.2) is 24.4 Å². The van der Waals surface area contributed by atoms with Gasteiger partial charge in [-0.15, -0.1) is 5.10 Å². The van der Waals surface area contributed by atoms with Crippen molar-refractivity contribution in [2.24, 2.45) is 21.7 Å². The van der Waals surface area contributed by atoms with Gasteiger partial charge in [0, 0.05) is 5.56 Å². The molecule has 0 bridgehead atoms. The number of ether oxygens (including phenoxy) is 1. The number of nitrogens with zero attached hydrogens (tertiary/aromatic N) is 2. The smallest absolute Gasteiger partial charge is 0.211 e. The maximum atomic E-state index is 9.66. The van der Waals surface area contributed by atoms with E-state index >= 15 is 0 Å². The third kappa shape index (κ3) is 2.77. The van der Waals surface area contributed by atoms with E-state index in [1.54, 1.807) is 12.1 Å². The van der Waals surface area contributed by atoms with Crippen LogP contribution in [0.15, 0.2) is 22.3 Å². The van der Waals surface area contributed by atoms with E-state index < -0.39 is 0 Å². The molecule has 0 fully saturated rings. The molecule has 0 saturated carbocycles. The minimum Gasteiger partial charge on any atom is -0.506 e. The Bertz CT molecular complexity index is 441. The lowest BCUT2D eigenvalue weighted by atomic mass is 10.2. The molecule has 16 heavy (non-hydrogen) atoms. The van der Waals surface area contributed by atoms with Gasteiger partial charge in [-0.2, -0.15) is 5.10 Å². The molecule has 0 spiro atoms. The first-order valence-electron chi connectivity index (χ1n) is 4.23. The fourth-order valence-electron chi connectivity index (χ4n) is 0.981. The number of methoxy groups -OCH3 is 1. The van der Waals surface area contributed by atoms with Crippen LogP contribution >= 0.6 is 11.6 Å². The molecule has 0 radical (unpaired) electrons. The average molecular weight is 243 g/mol. The molecule has 0 heterocycles. The van der Waals surface area contributed by atoms with Crippen molar-refractivity contribution in [1.29, 1.82) is 0 Å². The summed E-state index contributed by atoms with van der Waals surface area (Å²) in [5, 5.41) is 16.7. The van der Waals surface area contributed by atoms with E-state index in [4.69, 9.17) is 27.8 Å². The minimum absolute atomic E-state index is 0.108. The first-order valence-corrected chi connectivity index (χ1v) is 4.61. The van der Waals surface area contributed by atoms with Crippen molar-refractivity contribution in [3.63, 3.8) is 0 Å². The third-order valence-corrected chi connectivity index (χ3v) is 2.07. The Morgan fingerprint density at radius 3 is 2.75 bits per heavy atom. The molecule has 0 aliphatic heterocycles. The fraction of sp³-hybridized carbons (Fsp3) is 0.111. The van der Waals surface area contributed by atoms with Gasteiger partial charge < -0.3 is 21.3 Å². The zero-order valence-corrected chi connectivity index (χ0v) is 9.27. The lowest BCUT2D eigenvalue weighted by Crippen LogP contribution is -2.21. The molecule has 0 amide bonds. The number of hydrogen-bond acceptors (Lipinski definition) is 4. The highest BCUT2D eigenvalue weighted by molar-refractivity contribution is 6.34. The predicted molar refractivity (Wildman–Crippen MR) is 63.1 cm³/mol. The summed E-state index contributed by atoms with van der Waals surface area (Å²) in [6, 6.07) is 3.17. The van der Waals surface area contributed by atoms with Gasteiger partial charge in [-0.25, -0.2) is 0 Å². The van der Waals surface area contributed by atoms with Gasteiger partial charge in [0.05, 0.1) is 13.3 Å². The second kappa shape index (κ2) is 5.22. The maximum absolute atomic E-state index is 9.66. The molecule has 6 nitrogen and oxygen atoms in total. The molecule has 0 atom stereocenters. The van der Waals surface area contributed by atoms with Gasteiger partial charge in [0.1, 0.15) is 16.5 Å². The van der Waals surface area contributed by atoms with Gasteiger partial charge in [0.2, 0.25) is 5.96 Å². The summed E-state index contributed by atoms with van der Waals surface area (Å²) in [6.45, 7) is 0. The number of hydrogen-bond donors (Lipinski definition) is 3. The second-order valence-corrected chi connectivity index (χ2v) is 3.17. The summed E-state index contributed by atoms with van der Waals surface area (Å²) >= 11 is 5.82. The Morgan fingerprint density at radius 1 is 1.50 bits per heavy atom. The van der Waals surface area contributed by atoms with Crippen molar-refractivity contribution in [2.45, 2.75) is 0 Å². The number of nitrogens with two attached hydrogens (primary N) is 2. The zero-order valence-electron chi connectivity index (χ0n) is 8.51. The zero-order chi connectivity index (χ0) is 12.1. The van der Waals surface area contributed by atoms with Crippen LogP contribution < -0.4 is 16.2 Å². The van der Waals surface area contributed by atoms with Crippen molar-refractivity contribution in [1.82, 2.24) is 0 Å². The Kier molecular flexibility index (Phi) is 3.96. The third-order valence-electron chi connectivity index (χ3n) is 1.70. The van der Waals surface area contributed by atoms with E-state index in [1.807, 2.05) is 0 Å². The van der Waals surface area contributed by atoms with E-state index in [-0.39, 0.29) is 16.7 Å². The number of phenolic OH excluding ortho intramolecular Hbond substituents is 1. The Balaban J connectivity index is 3.04. The standard InChI is InChI=1S/C9H11ClN4O2/c1-16-6-3-2-5(8(15)7(6)10)4-13-14-9(11)12/h2-4,15H,1H3,(H4,11,12,14). The van der Waals surface area contributed by atoms with E-state index in [2.05, 4.69) is 10.2 Å². The predicted octanol–water partition coefficient (Wildman–Crippen LogP) is 0.662. The topological polar surface area (TPSA) is 106 Å². The lowest BCUT2D eigenvalue weighted by molar-refractivity contribution is 0.408. The molecule has 1 rings (SSSR count). The Hall–Kier alpha value is -1.95. The molecule has 0 aliphatic carbocycles. The summed E-state index contributed by atoms with van der Waals surface area (Å²) in [6.07, 6.45) is 1.28. The number of phenols is 1. The highest BCUT2D eigenvalue weighted by Crippen LogP contribution is 2.35. The highest BCUT2D eigenvalue weighted by Gasteiger charge is 2.09. The van der Waals surface area contributed by atoms with Crippen LogP contribution in [0.4, 0.5) is 0 Å². The molecule has 0 saturated heterocycles. The summed E-state index contributed by atoms with van der Waals surface area (Å²) in [7, 11) is 1.45. The van der Waals surface area contributed by atoms with Crippen molar-refractivity contribution in [2.75, 3.05) is 7.11 Å². The number of halogens is 1. The molecule has 0 aromatic heterocycles. The van der Waals surface area contributed by atoms with Crippen molar-refractivity contribution in [3.8, 4) is 11.5 Å². The van der Waals surface area contributed by atoms with E-state index in [0.717, 1.165) is 0 Å². The van der Waals surface area contributed by atoms with Crippen LogP contribution in [0.3, 0.4) is 0 Å². The Morgan fingerprint density at radius 2 is 2.19 bits per heavy atom. The van der Waals surface area contributed by atoms with Crippen molar-refractivity contribution in [3.05, 3.63) is 22.7 Å². The number of rotatable bonds is 3. The largest absolute Gasteiger partial charge is 0.506 e. The average Bonchev–Trinajstić information content (AvgIpc) is 2.24. The summed E-state index contributed by atoms with van der Waals surface area (Å²) in [5.74, 6) is 0.0593. The molecule has 1 aromatic carbocycles. The van der Waals surface area contributed by atoms with E-state index in [9.17, 15) is 5.11 Å². The van der Waals surface area contributed by atoms with Gasteiger partial charge in [0.25, 0.3) is 0 Å². The lowest BCUT2D eigenvalue weighted by Gasteiger charge is -2.05. The molecule has 1 aromatic rings. The van der Waals surface area contributed by atoms with E-state index in [1.165, 1.54) is 13.3 Å². The summed E-state index contributed by atoms with van der Waals surface area (Å²) in [5.41, 5.74) is 10.5. The van der Waals surface area contributed by atoms with Crippen molar-refractivity contribution >= 4 is 23.8 Å². The molecular formula is C9H11ClN4O2. The van der Waals surface area contributed by atoms with Crippen LogP contribution in [-0.2, 0) is 0 Å². The minimum atomic E-state index is -0.171. The van der Waals surface area contributed by atoms with Crippen LogP contribution in [0.5, 0.6) is 11.5 Å². The van der Waals surface area contributed by atoms with Gasteiger partial charge >= 0.3 is 0 Å². The van der Waals surface area contributed by atoms with Crippen molar-refractivity contribution < 1.29 is 9.84 Å². The quantitative estimate of drug-likeness (QED) is 0.411. The number of benzene rings is 1. The van der Waals surface area contributed by atoms with Crippen LogP contribution in [0.1, 0.15) is 5.56 Å².